The van der Waals surface area contributed by atoms with E-state index in [0.29, 0.717) is 12.1 Å². The van der Waals surface area contributed by atoms with Crippen LogP contribution in [-0.4, -0.2) is 50.0 Å². The fourth-order valence-corrected chi connectivity index (χ4v) is 5.25. The fraction of sp³-hybridized carbons (Fsp3) is 0.519. The first-order valence-electron chi connectivity index (χ1n) is 13.2. The van der Waals surface area contributed by atoms with Crippen LogP contribution in [0, 0.1) is 0 Å². The molecule has 0 N–H and O–H groups in total. The van der Waals surface area contributed by atoms with Gasteiger partial charge in [0.25, 0.3) is 5.95 Å². The molecule has 0 spiro atoms. The van der Waals surface area contributed by atoms with Crippen LogP contribution >= 0.6 is 0 Å². The Morgan fingerprint density at radius 3 is 1.95 bits per heavy atom. The minimum atomic E-state index is -5.14. The number of likely N-dealkylation sites (tertiary alicyclic amines) is 1. The highest BCUT2D eigenvalue weighted by Crippen LogP contribution is 2.40. The summed E-state index contributed by atoms with van der Waals surface area (Å²) in [5, 5.41) is 11.4. The van der Waals surface area contributed by atoms with E-state index in [4.69, 9.17) is 0 Å². The highest BCUT2D eigenvalue weighted by atomic mass is 19.4. The van der Waals surface area contributed by atoms with Gasteiger partial charge in [0.15, 0.2) is 5.67 Å². The van der Waals surface area contributed by atoms with Crippen LogP contribution in [0.2, 0.25) is 0 Å². The molecule has 6 nitrogen and oxygen atoms in total. The van der Waals surface area contributed by atoms with E-state index in [1.807, 2.05) is 0 Å². The van der Waals surface area contributed by atoms with Crippen LogP contribution in [0.1, 0.15) is 59.7 Å². The molecule has 3 aromatic rings. The summed E-state index contributed by atoms with van der Waals surface area (Å²) in [6.07, 6.45) is -16.7. The van der Waals surface area contributed by atoms with Crippen molar-refractivity contribution in [3.63, 3.8) is 0 Å². The Morgan fingerprint density at radius 1 is 0.909 bits per heavy atom. The molecule has 0 saturated carbocycles. The number of aromatic nitrogens is 4. The van der Waals surface area contributed by atoms with Gasteiger partial charge >= 0.3 is 18.5 Å². The third-order valence-corrected chi connectivity index (χ3v) is 7.38. The largest absolute Gasteiger partial charge is 0.416 e. The molecule has 1 unspecified atom stereocenters. The number of hydrogen-bond acceptors (Lipinski definition) is 5. The molecule has 2 heterocycles. The number of aryl methyl sites for hydroxylation is 1. The maximum Gasteiger partial charge on any atom is 0.416 e. The van der Waals surface area contributed by atoms with Crippen molar-refractivity contribution < 1.29 is 48.3 Å². The van der Waals surface area contributed by atoms with Crippen molar-refractivity contribution >= 4 is 5.95 Å². The van der Waals surface area contributed by atoms with Gasteiger partial charge in [0.2, 0.25) is 0 Å². The molecule has 1 fully saturated rings. The standard InChI is InChI=1S/C27H27F11N6/c1-4-21(44-13-22(28)24(2,29)14-44)20-6-5-17(25(30,31)32)9-16(20)12-43(23-39-41-42(3)40-23)11-15-7-18(26(33,34)35)10-19(8-15)27(36,37)38/h5-10,21-22H,4,11-14H2,1-3H3/t21?,22-,24+/m0/s1. The average molecular weight is 645 g/mol. The van der Waals surface area contributed by atoms with E-state index in [2.05, 4.69) is 15.4 Å². The maximum absolute atomic E-state index is 14.7. The minimum Gasteiger partial charge on any atom is -0.330 e. The molecule has 0 bridgehead atoms. The molecular weight excluding hydrogens is 617 g/mol. The lowest BCUT2D eigenvalue weighted by atomic mass is 9.94. The number of benzene rings is 2. The maximum atomic E-state index is 14.7. The molecular formula is C27H27F11N6. The Labute approximate surface area is 244 Å². The average Bonchev–Trinajstić information content (AvgIpc) is 3.44. The Hall–Kier alpha value is -3.50. The summed E-state index contributed by atoms with van der Waals surface area (Å²) in [6, 6.07) is 2.91. The van der Waals surface area contributed by atoms with Crippen LogP contribution in [0.15, 0.2) is 36.4 Å². The highest BCUT2D eigenvalue weighted by Gasteiger charge is 2.46. The molecule has 44 heavy (non-hydrogen) atoms. The summed E-state index contributed by atoms with van der Waals surface area (Å²) < 4.78 is 152. The van der Waals surface area contributed by atoms with E-state index < -0.39 is 71.8 Å². The van der Waals surface area contributed by atoms with E-state index in [0.717, 1.165) is 34.8 Å². The number of alkyl halides is 11. The Bertz CT molecular complexity index is 1430. The molecule has 2 aromatic carbocycles. The summed E-state index contributed by atoms with van der Waals surface area (Å²) in [4.78, 5) is 3.48. The van der Waals surface area contributed by atoms with Crippen LogP contribution < -0.4 is 4.90 Å². The lowest BCUT2D eigenvalue weighted by Gasteiger charge is -2.31. The quantitative estimate of drug-likeness (QED) is 0.241. The van der Waals surface area contributed by atoms with Crippen LogP contribution in [0.5, 0.6) is 0 Å². The predicted molar refractivity (Wildman–Crippen MR) is 136 cm³/mol. The number of nitrogens with zero attached hydrogens (tertiary/aromatic N) is 6. The van der Waals surface area contributed by atoms with Crippen molar-refractivity contribution in [2.75, 3.05) is 18.0 Å². The van der Waals surface area contributed by atoms with E-state index in [-0.39, 0.29) is 42.7 Å². The first-order valence-corrected chi connectivity index (χ1v) is 13.2. The minimum absolute atomic E-state index is 0.0437. The molecule has 1 aromatic heterocycles. The summed E-state index contributed by atoms with van der Waals surface area (Å²) in [6.45, 7) is 0.821. The third-order valence-electron chi connectivity index (χ3n) is 7.38. The van der Waals surface area contributed by atoms with Crippen molar-refractivity contribution in [2.45, 2.75) is 69.8 Å². The first-order chi connectivity index (χ1) is 20.2. The highest BCUT2D eigenvalue weighted by molar-refractivity contribution is 5.42. The third kappa shape index (κ3) is 7.41. The Kier molecular flexibility index (Phi) is 8.94. The second-order valence-electron chi connectivity index (χ2n) is 10.9. The summed E-state index contributed by atoms with van der Waals surface area (Å²) in [5.74, 6) is -0.295. The second kappa shape index (κ2) is 11.8. The van der Waals surface area contributed by atoms with Gasteiger partial charge in [0, 0.05) is 32.2 Å². The second-order valence-corrected chi connectivity index (χ2v) is 10.9. The molecule has 1 aliphatic heterocycles. The predicted octanol–water partition coefficient (Wildman–Crippen LogP) is 7.31. The lowest BCUT2D eigenvalue weighted by molar-refractivity contribution is -0.143. The molecule has 242 valence electrons. The molecule has 1 aliphatic rings. The zero-order valence-electron chi connectivity index (χ0n) is 23.5. The monoisotopic (exact) mass is 644 g/mol. The fourth-order valence-electron chi connectivity index (χ4n) is 5.25. The number of anilines is 1. The van der Waals surface area contributed by atoms with Gasteiger partial charge in [0.05, 0.1) is 23.7 Å². The van der Waals surface area contributed by atoms with Gasteiger partial charge in [-0.1, -0.05) is 18.1 Å². The van der Waals surface area contributed by atoms with Gasteiger partial charge in [0.1, 0.15) is 6.17 Å². The molecule has 0 radical (unpaired) electrons. The van der Waals surface area contributed by atoms with Gasteiger partial charge in [-0.2, -0.15) is 44.3 Å². The molecule has 17 heteroatoms. The van der Waals surface area contributed by atoms with Crippen LogP contribution in [0.25, 0.3) is 0 Å². The summed E-state index contributed by atoms with van der Waals surface area (Å²) >= 11 is 0. The Balaban J connectivity index is 1.82. The van der Waals surface area contributed by atoms with Crippen molar-refractivity contribution in [3.05, 3.63) is 69.8 Å². The topological polar surface area (TPSA) is 50.1 Å². The van der Waals surface area contributed by atoms with Gasteiger partial charge < -0.3 is 4.90 Å². The van der Waals surface area contributed by atoms with Gasteiger partial charge in [-0.15, -0.1) is 5.10 Å². The molecule has 4 rings (SSSR count). The Morgan fingerprint density at radius 2 is 1.50 bits per heavy atom. The zero-order valence-corrected chi connectivity index (χ0v) is 23.5. The smallest absolute Gasteiger partial charge is 0.330 e. The lowest BCUT2D eigenvalue weighted by Crippen LogP contribution is -2.32. The van der Waals surface area contributed by atoms with Gasteiger partial charge in [-0.05, 0) is 65.6 Å². The van der Waals surface area contributed by atoms with Crippen molar-refractivity contribution in [2.24, 2.45) is 7.05 Å². The first kappa shape index (κ1) is 33.4. The van der Waals surface area contributed by atoms with Crippen molar-refractivity contribution in [1.82, 2.24) is 25.1 Å². The summed E-state index contributed by atoms with van der Waals surface area (Å²) in [5.41, 5.74) is -6.75. The molecule has 3 atom stereocenters. The molecule has 0 amide bonds. The number of rotatable bonds is 8. The zero-order chi connectivity index (χ0) is 32.8. The van der Waals surface area contributed by atoms with Crippen LogP contribution in [0.3, 0.4) is 0 Å². The van der Waals surface area contributed by atoms with Gasteiger partial charge in [-0.3, -0.25) is 4.90 Å². The van der Waals surface area contributed by atoms with E-state index in [1.165, 1.54) is 11.9 Å². The van der Waals surface area contributed by atoms with Gasteiger partial charge in [-0.25, -0.2) is 8.78 Å². The molecule has 1 saturated heterocycles. The van der Waals surface area contributed by atoms with E-state index >= 15 is 0 Å². The normalized spacial score (nSPS) is 20.7. The summed E-state index contributed by atoms with van der Waals surface area (Å²) in [7, 11) is 1.33. The molecule has 0 aliphatic carbocycles. The van der Waals surface area contributed by atoms with E-state index in [1.54, 1.807) is 6.92 Å². The number of hydrogen-bond donors (Lipinski definition) is 0. The SMILES string of the molecule is CCC(c1ccc(C(F)(F)F)cc1CN(Cc1cc(C(F)(F)F)cc(C(F)(F)F)c1)c1nnn(C)n1)N1C[C@H](F)[C@](C)(F)C1. The number of tetrazole rings is 1. The van der Waals surface area contributed by atoms with Crippen LogP contribution in [0.4, 0.5) is 54.2 Å². The van der Waals surface area contributed by atoms with Crippen LogP contribution in [-0.2, 0) is 38.7 Å². The van der Waals surface area contributed by atoms with Crippen molar-refractivity contribution in [3.8, 4) is 0 Å². The number of halogens is 11. The van der Waals surface area contributed by atoms with Crippen molar-refractivity contribution in [1.29, 1.82) is 0 Å². The van der Waals surface area contributed by atoms with E-state index in [9.17, 15) is 48.3 Å².